The molecule has 1 aromatic carbocycles. The largest absolute Gasteiger partial charge is 0.481 e. The van der Waals surface area contributed by atoms with Gasteiger partial charge < -0.3 is 33.5 Å². The van der Waals surface area contributed by atoms with Crippen LogP contribution < -0.4 is 9.47 Å². The van der Waals surface area contributed by atoms with E-state index in [-0.39, 0.29) is 48.8 Å². The minimum Gasteiger partial charge on any atom is -0.481 e. The van der Waals surface area contributed by atoms with Crippen molar-refractivity contribution >= 4 is 11.8 Å². The van der Waals surface area contributed by atoms with Crippen LogP contribution in [0.25, 0.3) is 0 Å². The monoisotopic (exact) mass is 572 g/mol. The summed E-state index contributed by atoms with van der Waals surface area (Å²) in [5.74, 6) is 0.650. The number of ether oxygens (including phenoxy) is 6. The van der Waals surface area contributed by atoms with E-state index in [1.54, 1.807) is 0 Å². The number of allylic oxidation sites excluding steroid dienone is 2. The molecular weight excluding hydrogens is 528 g/mol. The predicted molar refractivity (Wildman–Crippen MR) is 149 cm³/mol. The van der Waals surface area contributed by atoms with E-state index in [0.717, 1.165) is 38.5 Å². The number of Topliss-reactive ketones (excluding diaryl/α,β-unsaturated/α-hetero) is 1. The second-order valence-electron chi connectivity index (χ2n) is 11.5. The minimum absolute atomic E-state index is 0.00107. The normalized spacial score (nSPS) is 29.3. The van der Waals surface area contributed by atoms with Crippen molar-refractivity contribution in [3.8, 4) is 11.5 Å². The second kappa shape index (κ2) is 15.1. The standard InChI is InChI=1S/C32H44O9/c33-24-21-28(39-31-16-8-10-20-37-31)23(22(24)11-3-1-2-4-14-29(34)35)17-18-27(38-30-15-7-9-19-36-30)32-40-25-12-5-6-13-26(25)41-32/h1,3,5-6,12-13,22-23,27-28,30-32H,2,4,7-11,14-21H2,(H,34,35)/b3-1-/t22-,23-,27-,28-,30?,31?/m1/s1. The van der Waals surface area contributed by atoms with Crippen molar-refractivity contribution in [3.63, 3.8) is 0 Å². The molecule has 9 heteroatoms. The highest BCUT2D eigenvalue weighted by Gasteiger charge is 2.45. The molecule has 9 nitrogen and oxygen atoms in total. The van der Waals surface area contributed by atoms with Gasteiger partial charge in [-0.1, -0.05) is 24.3 Å². The van der Waals surface area contributed by atoms with Crippen LogP contribution in [0.1, 0.15) is 83.5 Å². The van der Waals surface area contributed by atoms with Crippen molar-refractivity contribution in [2.75, 3.05) is 13.2 Å². The Labute approximate surface area is 242 Å². The number of carbonyl (C=O) groups is 2. The number of carboxylic acid groups (broad SMARTS) is 1. The van der Waals surface area contributed by atoms with Gasteiger partial charge in [0.25, 0.3) is 6.29 Å². The van der Waals surface area contributed by atoms with Crippen molar-refractivity contribution in [2.24, 2.45) is 11.8 Å². The lowest BCUT2D eigenvalue weighted by atomic mass is 9.86. The molecule has 0 radical (unpaired) electrons. The fourth-order valence-electron chi connectivity index (χ4n) is 6.30. The quantitative estimate of drug-likeness (QED) is 0.219. The second-order valence-corrected chi connectivity index (χ2v) is 11.5. The van der Waals surface area contributed by atoms with Crippen molar-refractivity contribution in [3.05, 3.63) is 36.4 Å². The van der Waals surface area contributed by atoms with Gasteiger partial charge in [-0.2, -0.15) is 0 Å². The Hall–Kier alpha value is -2.46. The zero-order chi connectivity index (χ0) is 28.4. The van der Waals surface area contributed by atoms with Crippen molar-refractivity contribution in [1.29, 1.82) is 0 Å². The van der Waals surface area contributed by atoms with Gasteiger partial charge in [0.2, 0.25) is 0 Å². The van der Waals surface area contributed by atoms with E-state index in [1.165, 1.54) is 0 Å². The van der Waals surface area contributed by atoms with Gasteiger partial charge >= 0.3 is 5.97 Å². The number of aliphatic carboxylic acids is 1. The molecule has 3 heterocycles. The van der Waals surface area contributed by atoms with Crippen LogP contribution in [-0.4, -0.2) is 61.2 Å². The summed E-state index contributed by atoms with van der Waals surface area (Å²) in [6.45, 7) is 1.37. The SMILES string of the molecule is O=C(O)CCC/C=C\C[C@H]1C(=O)C[C@@H](OC2CCCCO2)[C@@H]1CC[C@@H](OC1CCCCO1)C1Oc2ccccc2O1. The number of benzene rings is 1. The van der Waals surface area contributed by atoms with Crippen LogP contribution in [0.3, 0.4) is 0 Å². The summed E-state index contributed by atoms with van der Waals surface area (Å²) in [4.78, 5) is 24.1. The molecule has 1 N–H and O–H groups in total. The zero-order valence-electron chi connectivity index (χ0n) is 23.8. The number of unbranched alkanes of at least 4 members (excludes halogenated alkanes) is 1. The Morgan fingerprint density at radius 2 is 1.71 bits per heavy atom. The molecule has 1 aromatic rings. The number of rotatable bonds is 14. The van der Waals surface area contributed by atoms with Gasteiger partial charge in [0, 0.05) is 32.0 Å². The summed E-state index contributed by atoms with van der Waals surface area (Å²) in [7, 11) is 0. The van der Waals surface area contributed by atoms with Crippen LogP contribution in [0.15, 0.2) is 36.4 Å². The maximum Gasteiger partial charge on any atom is 0.303 e. The first kappa shape index (κ1) is 30.0. The van der Waals surface area contributed by atoms with Gasteiger partial charge in [0.05, 0.1) is 6.10 Å². The molecule has 3 fully saturated rings. The summed E-state index contributed by atoms with van der Waals surface area (Å²) < 4.78 is 37.0. The maximum atomic E-state index is 13.3. The molecule has 0 aromatic heterocycles. The molecule has 1 aliphatic carbocycles. The number of ketones is 1. The molecule has 5 rings (SSSR count). The lowest BCUT2D eigenvalue weighted by molar-refractivity contribution is -0.225. The van der Waals surface area contributed by atoms with Gasteiger partial charge in [-0.05, 0) is 88.7 Å². The molecule has 2 saturated heterocycles. The third kappa shape index (κ3) is 8.53. The maximum absolute atomic E-state index is 13.3. The van der Waals surface area contributed by atoms with Gasteiger partial charge in [0.15, 0.2) is 24.1 Å². The lowest BCUT2D eigenvalue weighted by Crippen LogP contribution is -2.41. The average molecular weight is 573 g/mol. The fraction of sp³-hybridized carbons (Fsp3) is 0.688. The minimum atomic E-state index is -0.789. The van der Waals surface area contributed by atoms with Crippen LogP contribution in [0, 0.1) is 11.8 Å². The van der Waals surface area contributed by atoms with Crippen LogP contribution in [0.5, 0.6) is 11.5 Å². The van der Waals surface area contributed by atoms with Crippen LogP contribution in [-0.2, 0) is 28.5 Å². The molecule has 0 amide bonds. The first-order valence-corrected chi connectivity index (χ1v) is 15.4. The Morgan fingerprint density at radius 1 is 1.00 bits per heavy atom. The fourth-order valence-corrected chi connectivity index (χ4v) is 6.30. The number of para-hydroxylation sites is 2. The summed E-state index contributed by atoms with van der Waals surface area (Å²) in [5.41, 5.74) is 0. The van der Waals surface area contributed by atoms with Gasteiger partial charge in [0.1, 0.15) is 11.9 Å². The molecular formula is C32H44O9. The van der Waals surface area contributed by atoms with E-state index in [1.807, 2.05) is 36.4 Å². The van der Waals surface area contributed by atoms with Gasteiger partial charge in [-0.3, -0.25) is 9.59 Å². The van der Waals surface area contributed by atoms with Crippen molar-refractivity contribution < 1.29 is 43.1 Å². The smallest absolute Gasteiger partial charge is 0.303 e. The van der Waals surface area contributed by atoms with E-state index < -0.39 is 12.3 Å². The molecule has 6 atom stereocenters. The Morgan fingerprint density at radius 3 is 2.37 bits per heavy atom. The summed E-state index contributed by atoms with van der Waals surface area (Å²) in [6.07, 6.45) is 11.9. The Kier molecular flexibility index (Phi) is 11.1. The van der Waals surface area contributed by atoms with E-state index in [2.05, 4.69) is 0 Å². The molecule has 226 valence electrons. The molecule has 0 spiro atoms. The van der Waals surface area contributed by atoms with Crippen molar-refractivity contribution in [1.82, 2.24) is 0 Å². The van der Waals surface area contributed by atoms with Crippen molar-refractivity contribution in [2.45, 2.75) is 115 Å². The predicted octanol–water partition coefficient (Wildman–Crippen LogP) is 5.79. The number of hydrogen-bond acceptors (Lipinski definition) is 8. The van der Waals surface area contributed by atoms with Crippen LogP contribution in [0.4, 0.5) is 0 Å². The zero-order valence-corrected chi connectivity index (χ0v) is 23.8. The molecule has 0 bridgehead atoms. The number of hydrogen-bond donors (Lipinski definition) is 1. The van der Waals surface area contributed by atoms with Crippen LogP contribution in [0.2, 0.25) is 0 Å². The molecule has 41 heavy (non-hydrogen) atoms. The highest BCUT2D eigenvalue weighted by molar-refractivity contribution is 5.84. The van der Waals surface area contributed by atoms with Gasteiger partial charge in [-0.25, -0.2) is 0 Å². The van der Waals surface area contributed by atoms with E-state index in [9.17, 15) is 9.59 Å². The third-order valence-electron chi connectivity index (χ3n) is 8.48. The Bertz CT molecular complexity index is 989. The summed E-state index contributed by atoms with van der Waals surface area (Å²) in [6, 6.07) is 7.63. The molecule has 1 saturated carbocycles. The first-order chi connectivity index (χ1) is 20.1. The van der Waals surface area contributed by atoms with E-state index in [4.69, 9.17) is 33.5 Å². The highest BCUT2D eigenvalue weighted by Crippen LogP contribution is 2.41. The molecule has 4 aliphatic rings. The highest BCUT2D eigenvalue weighted by atomic mass is 16.8. The number of carbonyl (C=O) groups excluding carboxylic acids is 1. The summed E-state index contributed by atoms with van der Waals surface area (Å²) in [5, 5.41) is 8.88. The molecule has 2 unspecified atom stereocenters. The Balaban J connectivity index is 1.26. The average Bonchev–Trinajstić information content (AvgIpc) is 3.54. The number of fused-ring (bicyclic) bond motifs is 1. The summed E-state index contributed by atoms with van der Waals surface area (Å²) >= 11 is 0. The van der Waals surface area contributed by atoms with E-state index in [0.29, 0.717) is 63.2 Å². The van der Waals surface area contributed by atoms with E-state index >= 15 is 0 Å². The lowest BCUT2D eigenvalue weighted by Gasteiger charge is -2.33. The number of carboxylic acids is 1. The topological polar surface area (TPSA) is 110 Å². The first-order valence-electron chi connectivity index (χ1n) is 15.4. The van der Waals surface area contributed by atoms with Gasteiger partial charge in [-0.15, -0.1) is 0 Å². The van der Waals surface area contributed by atoms with Crippen LogP contribution >= 0.6 is 0 Å². The third-order valence-corrected chi connectivity index (χ3v) is 8.48. The molecule has 3 aliphatic heterocycles.